The second kappa shape index (κ2) is 5.84. The Labute approximate surface area is 125 Å². The first kappa shape index (κ1) is 14.6. The number of carboxylic acids is 1. The zero-order valence-electron chi connectivity index (χ0n) is 12.4. The highest BCUT2D eigenvalue weighted by atomic mass is 16.4. The van der Waals surface area contributed by atoms with E-state index in [9.17, 15) is 15.0 Å². The van der Waals surface area contributed by atoms with Crippen LogP contribution < -0.4 is 0 Å². The maximum Gasteiger partial charge on any atom is 0.339 e. The third-order valence-corrected chi connectivity index (χ3v) is 5.44. The number of rotatable bonds is 3. The Morgan fingerprint density at radius 1 is 1.14 bits per heavy atom. The minimum absolute atomic E-state index is 0.125. The number of carboxylic acid groups (broad SMARTS) is 1. The second-order valence-electron chi connectivity index (χ2n) is 6.64. The molecule has 21 heavy (non-hydrogen) atoms. The summed E-state index contributed by atoms with van der Waals surface area (Å²) in [6.07, 6.45) is 11.1. The number of carbonyl (C=O) groups is 1. The molecule has 0 bridgehead atoms. The molecule has 0 aromatic carbocycles. The summed E-state index contributed by atoms with van der Waals surface area (Å²) in [6, 6.07) is 1.46. The molecule has 2 aliphatic carbocycles. The minimum Gasteiger partial charge on any atom is -0.478 e. The largest absolute Gasteiger partial charge is 0.478 e. The number of hydrogen-bond acceptors (Lipinski definition) is 3. The van der Waals surface area contributed by atoms with Crippen molar-refractivity contribution in [1.82, 2.24) is 0 Å². The van der Waals surface area contributed by atoms with Crippen LogP contribution in [0.25, 0.3) is 0 Å². The minimum atomic E-state index is -1.10. The van der Waals surface area contributed by atoms with Crippen molar-refractivity contribution in [2.45, 2.75) is 63.4 Å². The zero-order valence-corrected chi connectivity index (χ0v) is 12.4. The summed E-state index contributed by atoms with van der Waals surface area (Å²) in [6.45, 7) is 0. The Morgan fingerprint density at radius 3 is 2.57 bits per heavy atom. The smallest absolute Gasteiger partial charge is 0.339 e. The number of furan rings is 1. The van der Waals surface area contributed by atoms with Crippen LogP contribution >= 0.6 is 0 Å². The maximum absolute atomic E-state index is 11.4. The van der Waals surface area contributed by atoms with Gasteiger partial charge in [-0.2, -0.15) is 0 Å². The fraction of sp³-hybridized carbons (Fsp3) is 0.706. The molecule has 4 nitrogen and oxygen atoms in total. The van der Waals surface area contributed by atoms with Gasteiger partial charge in [-0.15, -0.1) is 0 Å². The van der Waals surface area contributed by atoms with Crippen molar-refractivity contribution in [1.29, 1.82) is 0 Å². The molecule has 2 aliphatic rings. The molecule has 0 amide bonds. The fourth-order valence-electron chi connectivity index (χ4n) is 4.44. The van der Waals surface area contributed by atoms with Gasteiger partial charge in [0.1, 0.15) is 16.9 Å². The highest BCUT2D eigenvalue weighted by molar-refractivity contribution is 5.89. The zero-order chi connectivity index (χ0) is 14.9. The summed E-state index contributed by atoms with van der Waals surface area (Å²) in [7, 11) is 0. The summed E-state index contributed by atoms with van der Waals surface area (Å²) in [5.74, 6) is -0.1000. The Morgan fingerprint density at radius 2 is 1.86 bits per heavy atom. The highest BCUT2D eigenvalue weighted by Crippen LogP contribution is 2.49. The standard InChI is InChI=1S/C17H24O4/c18-16(19)13-9-11-21-15(13)17(20)10-5-4-8-14(17)12-6-2-1-3-7-12/h9,11-12,14,20H,1-8,10H2,(H,18,19). The van der Waals surface area contributed by atoms with Gasteiger partial charge in [-0.1, -0.05) is 44.9 Å². The molecule has 2 atom stereocenters. The molecule has 0 saturated heterocycles. The molecule has 2 N–H and O–H groups in total. The van der Waals surface area contributed by atoms with Crippen molar-refractivity contribution in [3.8, 4) is 0 Å². The molecule has 2 unspecified atom stereocenters. The maximum atomic E-state index is 11.4. The first-order valence-corrected chi connectivity index (χ1v) is 8.16. The lowest BCUT2D eigenvalue weighted by Crippen LogP contribution is -2.43. The van der Waals surface area contributed by atoms with E-state index >= 15 is 0 Å². The van der Waals surface area contributed by atoms with Gasteiger partial charge in [0.05, 0.1) is 6.26 Å². The Balaban J connectivity index is 1.94. The quantitative estimate of drug-likeness (QED) is 0.885. The van der Waals surface area contributed by atoms with Crippen molar-refractivity contribution in [2.24, 2.45) is 11.8 Å². The van der Waals surface area contributed by atoms with Crippen LogP contribution in [0, 0.1) is 11.8 Å². The predicted molar refractivity (Wildman–Crippen MR) is 78.1 cm³/mol. The van der Waals surface area contributed by atoms with Gasteiger partial charge < -0.3 is 14.6 Å². The average Bonchev–Trinajstić information content (AvgIpc) is 2.99. The van der Waals surface area contributed by atoms with Crippen LogP contribution in [-0.4, -0.2) is 16.2 Å². The van der Waals surface area contributed by atoms with Gasteiger partial charge in [0, 0.05) is 0 Å². The van der Waals surface area contributed by atoms with Gasteiger partial charge in [0.25, 0.3) is 0 Å². The molecule has 1 heterocycles. The third-order valence-electron chi connectivity index (χ3n) is 5.44. The summed E-state index contributed by atoms with van der Waals surface area (Å²) >= 11 is 0. The van der Waals surface area contributed by atoms with E-state index in [-0.39, 0.29) is 17.2 Å². The fourth-order valence-corrected chi connectivity index (χ4v) is 4.44. The SMILES string of the molecule is O=C(O)c1ccoc1C1(O)CCCCC1C1CCCCC1. The van der Waals surface area contributed by atoms with Gasteiger partial charge in [0.2, 0.25) is 0 Å². The van der Waals surface area contributed by atoms with Crippen LogP contribution in [0.1, 0.15) is 73.9 Å². The van der Waals surface area contributed by atoms with Gasteiger partial charge in [-0.3, -0.25) is 0 Å². The lowest BCUT2D eigenvalue weighted by atomic mass is 9.64. The molecule has 3 rings (SSSR count). The van der Waals surface area contributed by atoms with E-state index in [0.29, 0.717) is 12.3 Å². The Hall–Kier alpha value is -1.29. The van der Waals surface area contributed by atoms with Crippen molar-refractivity contribution in [2.75, 3.05) is 0 Å². The Kier molecular flexibility index (Phi) is 4.07. The molecule has 2 fully saturated rings. The summed E-state index contributed by atoms with van der Waals surface area (Å²) in [4.78, 5) is 11.4. The lowest BCUT2D eigenvalue weighted by molar-refractivity contribution is -0.0979. The predicted octanol–water partition coefficient (Wildman–Crippen LogP) is 3.94. The monoisotopic (exact) mass is 292 g/mol. The topological polar surface area (TPSA) is 70.7 Å². The average molecular weight is 292 g/mol. The second-order valence-corrected chi connectivity index (χ2v) is 6.64. The molecular weight excluding hydrogens is 268 g/mol. The first-order chi connectivity index (χ1) is 10.1. The Bertz CT molecular complexity index is 501. The number of aromatic carboxylic acids is 1. The number of aliphatic hydroxyl groups is 1. The molecule has 1 aromatic heterocycles. The van der Waals surface area contributed by atoms with E-state index in [1.165, 1.54) is 31.6 Å². The molecule has 1 aromatic rings. The van der Waals surface area contributed by atoms with Crippen molar-refractivity contribution in [3.63, 3.8) is 0 Å². The summed E-state index contributed by atoms with van der Waals surface area (Å²) in [5.41, 5.74) is -0.975. The van der Waals surface area contributed by atoms with Crippen molar-refractivity contribution in [3.05, 3.63) is 23.7 Å². The van der Waals surface area contributed by atoms with Crippen LogP contribution in [0.3, 0.4) is 0 Å². The molecular formula is C17H24O4. The van der Waals surface area contributed by atoms with E-state index in [0.717, 1.165) is 32.1 Å². The van der Waals surface area contributed by atoms with E-state index in [2.05, 4.69) is 0 Å². The van der Waals surface area contributed by atoms with E-state index < -0.39 is 11.6 Å². The van der Waals surface area contributed by atoms with Gasteiger partial charge in [-0.05, 0) is 30.7 Å². The van der Waals surface area contributed by atoms with Gasteiger partial charge >= 0.3 is 5.97 Å². The highest BCUT2D eigenvalue weighted by Gasteiger charge is 2.48. The van der Waals surface area contributed by atoms with Crippen LogP contribution in [0.15, 0.2) is 16.7 Å². The van der Waals surface area contributed by atoms with Crippen LogP contribution in [0.2, 0.25) is 0 Å². The van der Waals surface area contributed by atoms with Gasteiger partial charge in [0.15, 0.2) is 0 Å². The first-order valence-electron chi connectivity index (χ1n) is 8.16. The number of hydrogen-bond donors (Lipinski definition) is 2. The van der Waals surface area contributed by atoms with E-state index in [1.54, 1.807) is 0 Å². The third kappa shape index (κ3) is 2.61. The summed E-state index contributed by atoms with van der Waals surface area (Å²) < 4.78 is 5.46. The summed E-state index contributed by atoms with van der Waals surface area (Å²) in [5, 5.41) is 20.6. The van der Waals surface area contributed by atoms with Crippen LogP contribution in [0.4, 0.5) is 0 Å². The molecule has 2 saturated carbocycles. The van der Waals surface area contributed by atoms with Crippen LogP contribution in [-0.2, 0) is 5.60 Å². The van der Waals surface area contributed by atoms with Crippen LogP contribution in [0.5, 0.6) is 0 Å². The molecule has 116 valence electrons. The molecule has 0 aliphatic heterocycles. The van der Waals surface area contributed by atoms with E-state index in [1.807, 2.05) is 0 Å². The molecule has 0 spiro atoms. The van der Waals surface area contributed by atoms with Crippen molar-refractivity contribution >= 4 is 5.97 Å². The molecule has 0 radical (unpaired) electrons. The normalized spacial score (nSPS) is 31.2. The van der Waals surface area contributed by atoms with Gasteiger partial charge in [-0.25, -0.2) is 4.79 Å². The lowest BCUT2D eigenvalue weighted by Gasteiger charge is -2.44. The molecule has 4 heteroatoms. The van der Waals surface area contributed by atoms with E-state index in [4.69, 9.17) is 4.42 Å². The van der Waals surface area contributed by atoms with Crippen molar-refractivity contribution < 1.29 is 19.4 Å².